The monoisotopic (exact) mass is 219 g/mol. The van der Waals surface area contributed by atoms with E-state index >= 15 is 0 Å². The van der Waals surface area contributed by atoms with E-state index in [9.17, 15) is 8.42 Å². The highest BCUT2D eigenvalue weighted by molar-refractivity contribution is 7.89. The Morgan fingerprint density at radius 2 is 2.08 bits per heavy atom. The van der Waals surface area contributed by atoms with E-state index in [1.165, 1.54) is 6.07 Å². The number of halogens is 1. The van der Waals surface area contributed by atoms with Crippen molar-refractivity contribution in [1.82, 2.24) is 0 Å². The number of sulfonamides is 1. The summed E-state index contributed by atoms with van der Waals surface area (Å²) in [4.78, 5) is 0.113. The third kappa shape index (κ3) is 2.43. The third-order valence-corrected chi connectivity index (χ3v) is 2.94. The molecule has 0 saturated heterocycles. The van der Waals surface area contributed by atoms with Gasteiger partial charge in [-0.25, -0.2) is 13.6 Å². The van der Waals surface area contributed by atoms with Gasteiger partial charge in [-0.05, 0) is 24.1 Å². The summed E-state index contributed by atoms with van der Waals surface area (Å²) in [5.41, 5.74) is 0.687. The van der Waals surface area contributed by atoms with Crippen molar-refractivity contribution in [3.63, 3.8) is 0 Å². The first-order valence-electron chi connectivity index (χ1n) is 3.76. The molecule has 0 heterocycles. The summed E-state index contributed by atoms with van der Waals surface area (Å²) in [6.07, 6.45) is 0.614. The quantitative estimate of drug-likeness (QED) is 0.821. The van der Waals surface area contributed by atoms with Crippen molar-refractivity contribution in [3.05, 3.63) is 28.8 Å². The first-order chi connectivity index (χ1) is 5.95. The number of aryl methyl sites for hydroxylation is 1. The van der Waals surface area contributed by atoms with Crippen LogP contribution in [0.1, 0.15) is 12.5 Å². The standard InChI is InChI=1S/C8H10ClNO2S/c1-2-6-3-4-7(9)5-8(6)13(10,11)12/h3-5H,2H2,1H3,(H2,10,11,12). The van der Waals surface area contributed by atoms with Crippen molar-refractivity contribution < 1.29 is 8.42 Å². The molecule has 0 amide bonds. The van der Waals surface area contributed by atoms with E-state index in [4.69, 9.17) is 16.7 Å². The van der Waals surface area contributed by atoms with Crippen LogP contribution in [-0.2, 0) is 16.4 Å². The molecule has 3 nitrogen and oxygen atoms in total. The molecule has 1 aromatic carbocycles. The summed E-state index contributed by atoms with van der Waals surface area (Å²) < 4.78 is 22.2. The Balaban J connectivity index is 3.41. The maximum absolute atomic E-state index is 11.1. The molecule has 0 aromatic heterocycles. The zero-order chi connectivity index (χ0) is 10.1. The minimum Gasteiger partial charge on any atom is -0.225 e. The molecule has 72 valence electrons. The van der Waals surface area contributed by atoms with Crippen LogP contribution in [0.5, 0.6) is 0 Å². The van der Waals surface area contributed by atoms with Crippen LogP contribution in [0.15, 0.2) is 23.1 Å². The zero-order valence-corrected chi connectivity index (χ0v) is 8.69. The number of nitrogens with two attached hydrogens (primary N) is 1. The first-order valence-corrected chi connectivity index (χ1v) is 5.69. The van der Waals surface area contributed by atoms with E-state index < -0.39 is 10.0 Å². The molecule has 0 aliphatic carbocycles. The van der Waals surface area contributed by atoms with Crippen molar-refractivity contribution in [2.24, 2.45) is 5.14 Å². The van der Waals surface area contributed by atoms with Gasteiger partial charge in [0, 0.05) is 5.02 Å². The van der Waals surface area contributed by atoms with Gasteiger partial charge in [-0.1, -0.05) is 24.6 Å². The summed E-state index contributed by atoms with van der Waals surface area (Å²) in [6, 6.07) is 4.69. The molecule has 1 aromatic rings. The van der Waals surface area contributed by atoms with Gasteiger partial charge < -0.3 is 0 Å². The lowest BCUT2D eigenvalue weighted by Crippen LogP contribution is -2.14. The van der Waals surface area contributed by atoms with Crippen LogP contribution in [0.2, 0.25) is 5.02 Å². The van der Waals surface area contributed by atoms with E-state index in [0.717, 1.165) is 0 Å². The maximum Gasteiger partial charge on any atom is 0.238 e. The molecule has 13 heavy (non-hydrogen) atoms. The SMILES string of the molecule is CCc1ccc(Cl)cc1S(N)(=O)=O. The normalized spacial score (nSPS) is 11.6. The molecular weight excluding hydrogens is 210 g/mol. The van der Waals surface area contributed by atoms with E-state index in [0.29, 0.717) is 17.0 Å². The van der Waals surface area contributed by atoms with E-state index in [1.54, 1.807) is 12.1 Å². The molecule has 0 aliphatic heterocycles. The minimum absolute atomic E-state index is 0.113. The average molecular weight is 220 g/mol. The second-order valence-corrected chi connectivity index (χ2v) is 4.62. The Hall–Kier alpha value is -0.580. The molecule has 1 rings (SSSR count). The second-order valence-electron chi connectivity index (χ2n) is 2.65. The molecule has 0 aliphatic rings. The number of hydrogen-bond donors (Lipinski definition) is 1. The molecule has 0 unspecified atom stereocenters. The highest BCUT2D eigenvalue weighted by Crippen LogP contribution is 2.19. The lowest BCUT2D eigenvalue weighted by Gasteiger charge is -2.05. The van der Waals surface area contributed by atoms with Crippen LogP contribution >= 0.6 is 11.6 Å². The molecule has 5 heteroatoms. The molecule has 0 saturated carbocycles. The van der Waals surface area contributed by atoms with Gasteiger partial charge in [0.2, 0.25) is 10.0 Å². The van der Waals surface area contributed by atoms with Crippen LogP contribution in [-0.4, -0.2) is 8.42 Å². The van der Waals surface area contributed by atoms with Crippen LogP contribution in [0, 0.1) is 0 Å². The minimum atomic E-state index is -3.65. The smallest absolute Gasteiger partial charge is 0.225 e. The van der Waals surface area contributed by atoms with Crippen LogP contribution in [0.25, 0.3) is 0 Å². The molecular formula is C8H10ClNO2S. The topological polar surface area (TPSA) is 60.2 Å². The van der Waals surface area contributed by atoms with Gasteiger partial charge in [0.15, 0.2) is 0 Å². The molecule has 0 bridgehead atoms. The Morgan fingerprint density at radius 3 is 2.54 bits per heavy atom. The average Bonchev–Trinajstić information content (AvgIpc) is 2.03. The van der Waals surface area contributed by atoms with Gasteiger partial charge in [-0.3, -0.25) is 0 Å². The van der Waals surface area contributed by atoms with Gasteiger partial charge in [-0.2, -0.15) is 0 Å². The molecule has 0 atom stereocenters. The first kappa shape index (κ1) is 10.5. The van der Waals surface area contributed by atoms with E-state index in [2.05, 4.69) is 0 Å². The van der Waals surface area contributed by atoms with E-state index in [1.807, 2.05) is 6.92 Å². The number of benzene rings is 1. The second kappa shape index (κ2) is 3.65. The molecule has 2 N–H and O–H groups in total. The summed E-state index contributed by atoms with van der Waals surface area (Å²) in [5, 5.41) is 5.39. The van der Waals surface area contributed by atoms with Crippen molar-refractivity contribution in [3.8, 4) is 0 Å². The van der Waals surface area contributed by atoms with Crippen molar-refractivity contribution in [1.29, 1.82) is 0 Å². The van der Waals surface area contributed by atoms with Crippen molar-refractivity contribution in [2.45, 2.75) is 18.2 Å². The Kier molecular flexibility index (Phi) is 2.95. The fourth-order valence-corrected chi connectivity index (χ4v) is 2.19. The van der Waals surface area contributed by atoms with Gasteiger partial charge in [0.1, 0.15) is 0 Å². The fraction of sp³-hybridized carbons (Fsp3) is 0.250. The number of primary sulfonamides is 1. The van der Waals surface area contributed by atoms with Crippen LogP contribution < -0.4 is 5.14 Å². The van der Waals surface area contributed by atoms with Gasteiger partial charge in [0.05, 0.1) is 4.90 Å². The predicted molar refractivity (Wildman–Crippen MR) is 52.2 cm³/mol. The third-order valence-electron chi connectivity index (χ3n) is 1.72. The summed E-state index contributed by atoms with van der Waals surface area (Å²) in [7, 11) is -3.65. The van der Waals surface area contributed by atoms with Gasteiger partial charge in [0.25, 0.3) is 0 Å². The summed E-state index contributed by atoms with van der Waals surface area (Å²) in [5.74, 6) is 0. The summed E-state index contributed by atoms with van der Waals surface area (Å²) in [6.45, 7) is 1.86. The number of hydrogen-bond acceptors (Lipinski definition) is 2. The Labute approximate surface area is 82.6 Å². The highest BCUT2D eigenvalue weighted by Gasteiger charge is 2.12. The van der Waals surface area contributed by atoms with Gasteiger partial charge in [-0.15, -0.1) is 0 Å². The summed E-state index contributed by atoms with van der Waals surface area (Å²) >= 11 is 5.66. The Bertz CT molecular complexity index is 414. The lowest BCUT2D eigenvalue weighted by atomic mass is 10.2. The lowest BCUT2D eigenvalue weighted by molar-refractivity contribution is 0.596. The fourth-order valence-electron chi connectivity index (χ4n) is 1.09. The predicted octanol–water partition coefficient (Wildman–Crippen LogP) is 1.55. The van der Waals surface area contributed by atoms with E-state index in [-0.39, 0.29) is 4.90 Å². The maximum atomic E-state index is 11.1. The molecule has 0 fully saturated rings. The van der Waals surface area contributed by atoms with Crippen molar-refractivity contribution in [2.75, 3.05) is 0 Å². The van der Waals surface area contributed by atoms with Crippen LogP contribution in [0.3, 0.4) is 0 Å². The van der Waals surface area contributed by atoms with Crippen molar-refractivity contribution >= 4 is 21.6 Å². The van der Waals surface area contributed by atoms with Gasteiger partial charge >= 0.3 is 0 Å². The largest absolute Gasteiger partial charge is 0.238 e. The molecule has 0 radical (unpaired) electrons. The zero-order valence-electron chi connectivity index (χ0n) is 7.12. The highest BCUT2D eigenvalue weighted by atomic mass is 35.5. The number of rotatable bonds is 2. The Morgan fingerprint density at radius 1 is 1.46 bits per heavy atom. The molecule has 0 spiro atoms. The van der Waals surface area contributed by atoms with Crippen LogP contribution in [0.4, 0.5) is 0 Å².